The van der Waals surface area contributed by atoms with Gasteiger partial charge in [-0.05, 0) is 12.5 Å². The molecule has 1 aromatic carbocycles. The van der Waals surface area contributed by atoms with Crippen molar-refractivity contribution in [2.45, 2.75) is 6.92 Å². The van der Waals surface area contributed by atoms with E-state index in [1.165, 1.54) is 16.7 Å². The fraction of sp³-hybridized carbons (Fsp3) is 0.357. The first-order chi connectivity index (χ1) is 9.94. The molecule has 0 saturated carbocycles. The molecule has 0 heterocycles. The van der Waals surface area contributed by atoms with Crippen molar-refractivity contribution in [3.63, 3.8) is 0 Å². The molecular formula is C14H21F6N2P. The van der Waals surface area contributed by atoms with Crippen molar-refractivity contribution in [3.05, 3.63) is 41.6 Å². The van der Waals surface area contributed by atoms with Crippen molar-refractivity contribution < 1.29 is 29.8 Å². The van der Waals surface area contributed by atoms with E-state index in [0.717, 1.165) is 0 Å². The zero-order chi connectivity index (χ0) is 18.5. The van der Waals surface area contributed by atoms with E-state index in [-0.39, 0.29) is 0 Å². The van der Waals surface area contributed by atoms with Gasteiger partial charge < -0.3 is 4.90 Å². The van der Waals surface area contributed by atoms with E-state index < -0.39 is 7.81 Å². The van der Waals surface area contributed by atoms with E-state index in [9.17, 15) is 25.2 Å². The Labute approximate surface area is 132 Å². The number of nitrogens with zero attached hydrogens (tertiary/aromatic N) is 2. The van der Waals surface area contributed by atoms with Crippen molar-refractivity contribution in [1.82, 2.24) is 4.90 Å². The van der Waals surface area contributed by atoms with Crippen LogP contribution in [0.5, 0.6) is 0 Å². The number of hydrogen-bond donors (Lipinski definition) is 0. The molecule has 0 aliphatic carbocycles. The third kappa shape index (κ3) is 16.6. The van der Waals surface area contributed by atoms with Crippen LogP contribution >= 0.6 is 7.81 Å². The predicted octanol–water partition coefficient (Wildman–Crippen LogP) is 5.62. The van der Waals surface area contributed by atoms with Gasteiger partial charge in [-0.25, -0.2) is 4.58 Å². The normalized spacial score (nSPS) is 14.8. The maximum absolute atomic E-state index is 10.7. The van der Waals surface area contributed by atoms with Crippen LogP contribution in [0.4, 0.5) is 25.2 Å². The molecule has 0 fully saturated rings. The SMILES string of the molecule is Cc1ccc(/C(C=[N+](C)C)=C\N(C)C)cc1.F[P-](F)(F)(F)(F)F. The quantitative estimate of drug-likeness (QED) is 0.293. The van der Waals surface area contributed by atoms with Gasteiger partial charge in [-0.3, -0.25) is 0 Å². The molecule has 0 bridgehead atoms. The molecule has 1 aromatic rings. The van der Waals surface area contributed by atoms with Crippen LogP contribution in [0.15, 0.2) is 30.5 Å². The molecule has 0 aliphatic heterocycles. The van der Waals surface area contributed by atoms with Gasteiger partial charge in [-0.15, -0.1) is 0 Å². The summed E-state index contributed by atoms with van der Waals surface area (Å²) in [5.41, 5.74) is 3.75. The molecule has 0 unspecified atom stereocenters. The summed E-state index contributed by atoms with van der Waals surface area (Å²) in [5.74, 6) is 0. The van der Waals surface area contributed by atoms with Crippen LogP contribution in [-0.2, 0) is 0 Å². The molecule has 0 amide bonds. The first-order valence-electron chi connectivity index (χ1n) is 6.47. The van der Waals surface area contributed by atoms with Crippen LogP contribution in [0.25, 0.3) is 5.57 Å². The Morgan fingerprint density at radius 1 is 0.957 bits per heavy atom. The predicted molar refractivity (Wildman–Crippen MR) is 84.6 cm³/mol. The summed E-state index contributed by atoms with van der Waals surface area (Å²) in [6.45, 7) is 2.11. The van der Waals surface area contributed by atoms with Crippen LogP contribution in [-0.4, -0.2) is 43.9 Å². The Balaban J connectivity index is 0.000000585. The molecule has 2 nitrogen and oxygen atoms in total. The summed E-state index contributed by atoms with van der Waals surface area (Å²) in [6.07, 6.45) is 4.26. The summed E-state index contributed by atoms with van der Waals surface area (Å²) in [4.78, 5) is 2.06. The molecule has 0 N–H and O–H groups in total. The van der Waals surface area contributed by atoms with Crippen molar-refractivity contribution >= 4 is 19.6 Å². The number of hydrogen-bond acceptors (Lipinski definition) is 1. The minimum atomic E-state index is -10.7. The average Bonchev–Trinajstić information content (AvgIpc) is 2.23. The van der Waals surface area contributed by atoms with Gasteiger partial charge in [0.05, 0.1) is 5.57 Å². The molecule has 0 atom stereocenters. The van der Waals surface area contributed by atoms with Gasteiger partial charge in [-0.2, -0.15) is 0 Å². The first kappa shape index (κ1) is 21.4. The van der Waals surface area contributed by atoms with Crippen LogP contribution in [0.3, 0.4) is 0 Å². The number of benzene rings is 1. The minimum absolute atomic E-state index is 1.22. The van der Waals surface area contributed by atoms with E-state index in [2.05, 4.69) is 53.1 Å². The second kappa shape index (κ2) is 6.51. The zero-order valence-corrected chi connectivity index (χ0v) is 14.5. The number of halogens is 6. The van der Waals surface area contributed by atoms with Crippen molar-refractivity contribution in [2.75, 3.05) is 28.2 Å². The van der Waals surface area contributed by atoms with Gasteiger partial charge in [0.15, 0.2) is 6.21 Å². The van der Waals surface area contributed by atoms with Gasteiger partial charge in [0.1, 0.15) is 14.1 Å². The molecule has 1 rings (SSSR count). The van der Waals surface area contributed by atoms with Crippen LogP contribution < -0.4 is 0 Å². The number of rotatable bonds is 3. The monoisotopic (exact) mass is 362 g/mol. The van der Waals surface area contributed by atoms with E-state index in [0.29, 0.717) is 0 Å². The zero-order valence-electron chi connectivity index (χ0n) is 13.6. The summed E-state index contributed by atoms with van der Waals surface area (Å²) in [6, 6.07) is 8.60. The summed E-state index contributed by atoms with van der Waals surface area (Å²) in [7, 11) is -2.50. The fourth-order valence-electron chi connectivity index (χ4n) is 1.48. The van der Waals surface area contributed by atoms with Gasteiger partial charge in [-0.1, -0.05) is 29.8 Å². The first-order valence-corrected chi connectivity index (χ1v) is 8.50. The molecule has 0 aliphatic rings. The molecule has 134 valence electrons. The Morgan fingerprint density at radius 3 is 1.65 bits per heavy atom. The van der Waals surface area contributed by atoms with Crippen LogP contribution in [0.1, 0.15) is 11.1 Å². The van der Waals surface area contributed by atoms with E-state index in [1.54, 1.807) is 0 Å². The molecule has 0 aromatic heterocycles. The van der Waals surface area contributed by atoms with E-state index in [4.69, 9.17) is 0 Å². The summed E-state index contributed by atoms with van der Waals surface area (Å²) < 4.78 is 61.3. The number of aryl methyl sites for hydroxylation is 1. The Hall–Kier alpha value is -1.56. The van der Waals surface area contributed by atoms with Crippen molar-refractivity contribution in [3.8, 4) is 0 Å². The van der Waals surface area contributed by atoms with Gasteiger partial charge >= 0.3 is 33.0 Å². The molecule has 0 radical (unpaired) electrons. The van der Waals surface area contributed by atoms with Crippen LogP contribution in [0.2, 0.25) is 0 Å². The Morgan fingerprint density at radius 2 is 1.35 bits per heavy atom. The topological polar surface area (TPSA) is 6.25 Å². The summed E-state index contributed by atoms with van der Waals surface area (Å²) >= 11 is 0. The second-order valence-electron chi connectivity index (χ2n) is 5.47. The molecule has 23 heavy (non-hydrogen) atoms. The second-order valence-corrected chi connectivity index (χ2v) is 7.38. The number of allylic oxidation sites excluding steroid dienone is 1. The van der Waals surface area contributed by atoms with Crippen LogP contribution in [0, 0.1) is 6.92 Å². The van der Waals surface area contributed by atoms with Gasteiger partial charge in [0.2, 0.25) is 0 Å². The molecule has 0 saturated heterocycles. The molecule has 0 spiro atoms. The summed E-state index contributed by atoms with van der Waals surface area (Å²) in [5, 5.41) is 0. The van der Waals surface area contributed by atoms with Gasteiger partial charge in [0.25, 0.3) is 0 Å². The third-order valence-electron chi connectivity index (χ3n) is 2.18. The van der Waals surface area contributed by atoms with Crippen molar-refractivity contribution in [2.24, 2.45) is 0 Å². The fourth-order valence-corrected chi connectivity index (χ4v) is 1.48. The van der Waals surface area contributed by atoms with Crippen molar-refractivity contribution in [1.29, 1.82) is 0 Å². The molecular weight excluding hydrogens is 341 g/mol. The third-order valence-corrected chi connectivity index (χ3v) is 2.18. The maximum atomic E-state index is 9.87. The molecule has 9 heteroatoms. The standard InChI is InChI=1S/C14H21N2.F6P/c1-12-6-8-13(9-7-12)14(10-15(2)3)11-16(4)5;1-7(2,3,4,5)6/h6-11H,1-5H3;/q+1;-1. The van der Waals surface area contributed by atoms with Gasteiger partial charge in [0, 0.05) is 20.3 Å². The van der Waals surface area contributed by atoms with E-state index in [1.807, 2.05) is 28.2 Å². The Bertz CT molecular complexity index is 570. The average molecular weight is 362 g/mol. The van der Waals surface area contributed by atoms with E-state index >= 15 is 0 Å². The Kier molecular flexibility index (Phi) is 6.07.